The van der Waals surface area contributed by atoms with Crippen molar-refractivity contribution in [2.45, 2.75) is 39.3 Å². The van der Waals surface area contributed by atoms with Gasteiger partial charge in [0.2, 0.25) is 12.7 Å². The van der Waals surface area contributed by atoms with E-state index in [4.69, 9.17) is 18.9 Å². The van der Waals surface area contributed by atoms with Gasteiger partial charge in [0.15, 0.2) is 23.0 Å². The molecule has 34 heavy (non-hydrogen) atoms. The van der Waals surface area contributed by atoms with Gasteiger partial charge in [-0.1, -0.05) is 13.8 Å². The predicted molar refractivity (Wildman–Crippen MR) is 127 cm³/mol. The maximum Gasteiger partial charge on any atom is 0.318 e. The van der Waals surface area contributed by atoms with Gasteiger partial charge < -0.3 is 34.5 Å². The Morgan fingerprint density at radius 2 is 1.74 bits per heavy atom. The van der Waals surface area contributed by atoms with Gasteiger partial charge in [-0.05, 0) is 54.2 Å². The van der Waals surface area contributed by atoms with Crippen LogP contribution in [0.2, 0.25) is 0 Å². The molecule has 0 radical (unpaired) electrons. The van der Waals surface area contributed by atoms with Gasteiger partial charge in [-0.25, -0.2) is 4.79 Å². The Labute approximate surface area is 199 Å². The maximum absolute atomic E-state index is 13.1. The van der Waals surface area contributed by atoms with Crippen molar-refractivity contribution in [2.24, 2.45) is 5.92 Å². The van der Waals surface area contributed by atoms with Crippen LogP contribution in [0.4, 0.5) is 10.5 Å². The minimum absolute atomic E-state index is 0.163. The van der Waals surface area contributed by atoms with Crippen molar-refractivity contribution in [1.82, 2.24) is 10.2 Å². The second-order valence-corrected chi connectivity index (χ2v) is 8.84. The Bertz CT molecular complexity index is 1070. The first kappa shape index (κ1) is 23.5. The number of amides is 3. The molecular weight excluding hydrogens is 438 g/mol. The average Bonchev–Trinajstić information content (AvgIpc) is 3.29. The summed E-state index contributed by atoms with van der Waals surface area (Å²) in [5.74, 6) is 2.47. The first-order chi connectivity index (χ1) is 16.4. The molecule has 0 aliphatic carbocycles. The molecule has 2 heterocycles. The van der Waals surface area contributed by atoms with Crippen molar-refractivity contribution < 1.29 is 28.5 Å². The number of rotatable bonds is 7. The second-order valence-electron chi connectivity index (χ2n) is 8.84. The van der Waals surface area contributed by atoms with E-state index in [0.717, 1.165) is 11.1 Å². The van der Waals surface area contributed by atoms with E-state index in [2.05, 4.69) is 10.6 Å². The van der Waals surface area contributed by atoms with E-state index in [1.165, 1.54) is 0 Å². The molecule has 182 valence electrons. The van der Waals surface area contributed by atoms with Crippen molar-refractivity contribution in [3.05, 3.63) is 41.5 Å². The number of benzene rings is 2. The molecule has 3 amide bonds. The molecule has 0 fully saturated rings. The van der Waals surface area contributed by atoms with Crippen LogP contribution in [0.15, 0.2) is 30.3 Å². The normalized spacial score (nSPS) is 14.9. The topological polar surface area (TPSA) is 98.4 Å². The summed E-state index contributed by atoms with van der Waals surface area (Å²) >= 11 is 0. The Morgan fingerprint density at radius 1 is 1.03 bits per heavy atom. The van der Waals surface area contributed by atoms with Crippen LogP contribution in [-0.2, 0) is 17.8 Å². The lowest BCUT2D eigenvalue weighted by atomic mass is 9.99. The van der Waals surface area contributed by atoms with E-state index in [1.807, 2.05) is 26.0 Å². The summed E-state index contributed by atoms with van der Waals surface area (Å²) in [6.07, 6.45) is 1.21. The van der Waals surface area contributed by atoms with Gasteiger partial charge in [0.1, 0.15) is 6.04 Å². The molecule has 0 saturated carbocycles. The standard InChI is InChI=1S/C25H31N3O6/c1-15(2)9-19(24(29)26-18-5-6-20-23(12-18)34-14-33-20)27-25(30)28-8-7-16-10-21(31-3)22(32-4)11-17(16)13-28/h5-6,10-12,15,19H,7-9,13-14H2,1-4H3,(H,26,29)(H,27,30)/t19-/m0/s1. The first-order valence-electron chi connectivity index (χ1n) is 11.4. The Kier molecular flexibility index (Phi) is 7.00. The minimum atomic E-state index is -0.676. The predicted octanol–water partition coefficient (Wildman–Crippen LogP) is 3.55. The summed E-state index contributed by atoms with van der Waals surface area (Å²) in [4.78, 5) is 27.9. The Balaban J connectivity index is 1.44. The van der Waals surface area contributed by atoms with Crippen LogP contribution in [0, 0.1) is 5.92 Å². The van der Waals surface area contributed by atoms with E-state index in [9.17, 15) is 9.59 Å². The molecule has 9 nitrogen and oxygen atoms in total. The molecule has 0 unspecified atom stereocenters. The third-order valence-electron chi connectivity index (χ3n) is 5.97. The lowest BCUT2D eigenvalue weighted by molar-refractivity contribution is -0.118. The molecule has 0 bridgehead atoms. The number of hydrogen-bond donors (Lipinski definition) is 2. The van der Waals surface area contributed by atoms with Crippen molar-refractivity contribution >= 4 is 17.6 Å². The number of fused-ring (bicyclic) bond motifs is 2. The highest BCUT2D eigenvalue weighted by molar-refractivity contribution is 5.97. The van der Waals surface area contributed by atoms with Crippen LogP contribution in [0.1, 0.15) is 31.4 Å². The number of anilines is 1. The number of ether oxygens (including phenoxy) is 4. The fraction of sp³-hybridized carbons (Fsp3) is 0.440. The largest absolute Gasteiger partial charge is 0.493 e. The second kappa shape index (κ2) is 10.1. The SMILES string of the molecule is COc1cc2c(cc1OC)CN(C(=O)N[C@@H](CC(C)C)C(=O)Nc1ccc3c(c1)OCO3)CC2. The molecule has 2 aromatic carbocycles. The number of nitrogens with zero attached hydrogens (tertiary/aromatic N) is 1. The number of carbonyl (C=O) groups excluding carboxylic acids is 2. The molecule has 9 heteroatoms. The lowest BCUT2D eigenvalue weighted by Gasteiger charge is -2.31. The highest BCUT2D eigenvalue weighted by Crippen LogP contribution is 2.35. The van der Waals surface area contributed by atoms with E-state index < -0.39 is 6.04 Å². The maximum atomic E-state index is 13.1. The van der Waals surface area contributed by atoms with E-state index in [0.29, 0.717) is 54.6 Å². The molecule has 2 aromatic rings. The van der Waals surface area contributed by atoms with Crippen molar-refractivity contribution in [1.29, 1.82) is 0 Å². The van der Waals surface area contributed by atoms with Crippen LogP contribution in [-0.4, -0.2) is 50.4 Å². The van der Waals surface area contributed by atoms with Crippen LogP contribution in [0.5, 0.6) is 23.0 Å². The van der Waals surface area contributed by atoms with Crippen molar-refractivity contribution in [2.75, 3.05) is 32.9 Å². The number of nitrogens with one attached hydrogen (secondary N) is 2. The summed E-state index contributed by atoms with van der Waals surface area (Å²) in [5, 5.41) is 5.83. The average molecular weight is 470 g/mol. The summed E-state index contributed by atoms with van der Waals surface area (Å²) in [5.41, 5.74) is 2.72. The quantitative estimate of drug-likeness (QED) is 0.644. The molecule has 4 rings (SSSR count). The van der Waals surface area contributed by atoms with Gasteiger partial charge in [-0.3, -0.25) is 4.79 Å². The number of methoxy groups -OCH3 is 2. The van der Waals surface area contributed by atoms with Gasteiger partial charge in [0, 0.05) is 24.8 Å². The number of hydrogen-bond acceptors (Lipinski definition) is 6. The van der Waals surface area contributed by atoms with Crippen molar-refractivity contribution in [3.8, 4) is 23.0 Å². The fourth-order valence-corrected chi connectivity index (χ4v) is 4.20. The zero-order chi connectivity index (χ0) is 24.2. The monoisotopic (exact) mass is 469 g/mol. The van der Waals surface area contributed by atoms with Crippen LogP contribution in [0.25, 0.3) is 0 Å². The number of carbonyl (C=O) groups is 2. The highest BCUT2D eigenvalue weighted by atomic mass is 16.7. The van der Waals surface area contributed by atoms with Gasteiger partial charge in [-0.15, -0.1) is 0 Å². The van der Waals surface area contributed by atoms with Crippen molar-refractivity contribution in [3.63, 3.8) is 0 Å². The van der Waals surface area contributed by atoms with E-state index in [1.54, 1.807) is 37.3 Å². The Hall–Kier alpha value is -3.62. The van der Waals surface area contributed by atoms with Crippen LogP contribution in [0.3, 0.4) is 0 Å². The number of urea groups is 1. The molecule has 2 aliphatic rings. The third kappa shape index (κ3) is 5.13. The molecule has 1 atom stereocenters. The molecular formula is C25H31N3O6. The van der Waals surface area contributed by atoms with E-state index >= 15 is 0 Å². The molecule has 0 saturated heterocycles. The zero-order valence-corrected chi connectivity index (χ0v) is 20.0. The summed E-state index contributed by atoms with van der Waals surface area (Å²) in [6, 6.07) is 8.15. The Morgan fingerprint density at radius 3 is 2.44 bits per heavy atom. The van der Waals surface area contributed by atoms with Gasteiger partial charge in [-0.2, -0.15) is 0 Å². The summed E-state index contributed by atoms with van der Waals surface area (Å²) in [7, 11) is 3.20. The van der Waals surface area contributed by atoms with E-state index in [-0.39, 0.29) is 24.6 Å². The molecule has 0 aromatic heterocycles. The fourth-order valence-electron chi connectivity index (χ4n) is 4.20. The third-order valence-corrected chi connectivity index (χ3v) is 5.97. The molecule has 0 spiro atoms. The lowest BCUT2D eigenvalue weighted by Crippen LogP contribution is -2.51. The highest BCUT2D eigenvalue weighted by Gasteiger charge is 2.28. The smallest absolute Gasteiger partial charge is 0.318 e. The zero-order valence-electron chi connectivity index (χ0n) is 20.0. The molecule has 2 N–H and O–H groups in total. The first-order valence-corrected chi connectivity index (χ1v) is 11.4. The van der Waals surface area contributed by atoms with Gasteiger partial charge >= 0.3 is 6.03 Å². The van der Waals surface area contributed by atoms with Gasteiger partial charge in [0.05, 0.1) is 14.2 Å². The van der Waals surface area contributed by atoms with Crippen LogP contribution < -0.4 is 29.6 Å². The van der Waals surface area contributed by atoms with Gasteiger partial charge in [0.25, 0.3) is 0 Å². The minimum Gasteiger partial charge on any atom is -0.493 e. The summed E-state index contributed by atoms with van der Waals surface area (Å²) < 4.78 is 21.5. The molecule has 2 aliphatic heterocycles. The summed E-state index contributed by atoms with van der Waals surface area (Å²) in [6.45, 7) is 5.18. The van der Waals surface area contributed by atoms with Crippen LogP contribution >= 0.6 is 0 Å².